The molecule has 0 aromatic heterocycles. The summed E-state index contributed by atoms with van der Waals surface area (Å²) in [6, 6.07) is 14.7. The summed E-state index contributed by atoms with van der Waals surface area (Å²) in [5.74, 6) is 1.29. The Labute approximate surface area is 100 Å². The van der Waals surface area contributed by atoms with Crippen molar-refractivity contribution in [2.45, 2.75) is 6.92 Å². The summed E-state index contributed by atoms with van der Waals surface area (Å²) < 4.78 is 5.63. The molecule has 2 aromatic carbocycles. The maximum absolute atomic E-state index is 8.73. The van der Waals surface area contributed by atoms with Crippen LogP contribution in [0.2, 0.25) is 0 Å². The normalized spacial score (nSPS) is 9.65. The lowest BCUT2D eigenvalue weighted by Gasteiger charge is -2.08. The number of nitrogens with zero attached hydrogens (tertiary/aromatic N) is 1. The van der Waals surface area contributed by atoms with Crippen LogP contribution in [0.4, 0.5) is 5.69 Å². The van der Waals surface area contributed by atoms with Crippen LogP contribution in [0.15, 0.2) is 42.5 Å². The fourth-order valence-corrected chi connectivity index (χ4v) is 1.44. The number of anilines is 1. The van der Waals surface area contributed by atoms with Crippen molar-refractivity contribution in [2.75, 3.05) is 5.73 Å². The molecule has 0 bridgehead atoms. The van der Waals surface area contributed by atoms with Gasteiger partial charge in [-0.25, -0.2) is 0 Å². The Morgan fingerprint density at radius 3 is 2.41 bits per heavy atom. The monoisotopic (exact) mass is 224 g/mol. The van der Waals surface area contributed by atoms with Gasteiger partial charge in [0, 0.05) is 0 Å². The van der Waals surface area contributed by atoms with Gasteiger partial charge in [0.1, 0.15) is 11.5 Å². The Balaban J connectivity index is 2.25. The number of aryl methyl sites for hydroxylation is 1. The number of rotatable bonds is 2. The first-order chi connectivity index (χ1) is 8.19. The molecule has 0 spiro atoms. The van der Waals surface area contributed by atoms with Gasteiger partial charge in [0.2, 0.25) is 0 Å². The minimum atomic E-state index is 0.463. The highest BCUT2D eigenvalue weighted by atomic mass is 16.5. The Hall–Kier alpha value is -2.47. The van der Waals surface area contributed by atoms with Crippen molar-refractivity contribution in [2.24, 2.45) is 0 Å². The molecule has 2 N–H and O–H groups in total. The van der Waals surface area contributed by atoms with Crippen molar-refractivity contribution < 1.29 is 4.74 Å². The molecule has 0 aliphatic carbocycles. The predicted molar refractivity (Wildman–Crippen MR) is 66.8 cm³/mol. The van der Waals surface area contributed by atoms with Crippen molar-refractivity contribution in [3.05, 3.63) is 53.6 Å². The lowest BCUT2D eigenvalue weighted by atomic mass is 10.2. The number of nitrogens with two attached hydrogens (primary N) is 1. The molecular weight excluding hydrogens is 212 g/mol. The molecule has 0 atom stereocenters. The minimum Gasteiger partial charge on any atom is -0.455 e. The standard InChI is InChI=1S/C14H12N2O/c1-10-2-5-12(6-3-10)17-14-7-4-11(9-15)8-13(14)16/h2-8H,16H2,1H3. The van der Waals surface area contributed by atoms with E-state index < -0.39 is 0 Å². The Kier molecular flexibility index (Phi) is 2.97. The van der Waals surface area contributed by atoms with Gasteiger partial charge in [-0.05, 0) is 37.3 Å². The van der Waals surface area contributed by atoms with Crippen molar-refractivity contribution in [3.63, 3.8) is 0 Å². The molecule has 0 radical (unpaired) electrons. The zero-order valence-electron chi connectivity index (χ0n) is 9.47. The summed E-state index contributed by atoms with van der Waals surface area (Å²) in [5, 5.41) is 8.73. The lowest BCUT2D eigenvalue weighted by Crippen LogP contribution is -1.92. The topological polar surface area (TPSA) is 59.0 Å². The number of nitriles is 1. The van der Waals surface area contributed by atoms with Crippen LogP contribution in [0, 0.1) is 18.3 Å². The molecule has 0 saturated carbocycles. The van der Waals surface area contributed by atoms with Gasteiger partial charge in [-0.1, -0.05) is 17.7 Å². The second-order valence-electron chi connectivity index (χ2n) is 3.78. The predicted octanol–water partition coefficient (Wildman–Crippen LogP) is 3.24. The molecule has 0 aliphatic rings. The van der Waals surface area contributed by atoms with Gasteiger partial charge >= 0.3 is 0 Å². The van der Waals surface area contributed by atoms with Crippen LogP contribution in [-0.2, 0) is 0 Å². The first-order valence-corrected chi connectivity index (χ1v) is 5.23. The largest absolute Gasteiger partial charge is 0.455 e. The minimum absolute atomic E-state index is 0.463. The SMILES string of the molecule is Cc1ccc(Oc2ccc(C#N)cc2N)cc1. The summed E-state index contributed by atoms with van der Waals surface area (Å²) in [6.07, 6.45) is 0. The number of hydrogen-bond donors (Lipinski definition) is 1. The number of benzene rings is 2. The fourth-order valence-electron chi connectivity index (χ4n) is 1.44. The zero-order valence-corrected chi connectivity index (χ0v) is 9.47. The molecule has 3 heteroatoms. The van der Waals surface area contributed by atoms with Crippen LogP contribution in [-0.4, -0.2) is 0 Å². The third-order valence-electron chi connectivity index (χ3n) is 2.39. The quantitative estimate of drug-likeness (QED) is 0.796. The van der Waals surface area contributed by atoms with Crippen LogP contribution in [0.5, 0.6) is 11.5 Å². The number of ether oxygens (including phenoxy) is 1. The molecule has 0 fully saturated rings. The summed E-state index contributed by atoms with van der Waals surface area (Å²) in [6.45, 7) is 2.01. The third kappa shape index (κ3) is 2.56. The van der Waals surface area contributed by atoms with Gasteiger partial charge in [-0.3, -0.25) is 0 Å². The molecule has 3 nitrogen and oxygen atoms in total. The zero-order chi connectivity index (χ0) is 12.3. The van der Waals surface area contributed by atoms with Crippen LogP contribution in [0.1, 0.15) is 11.1 Å². The number of hydrogen-bond acceptors (Lipinski definition) is 3. The first-order valence-electron chi connectivity index (χ1n) is 5.23. The molecule has 84 valence electrons. The molecular formula is C14H12N2O. The average Bonchev–Trinajstić information content (AvgIpc) is 2.34. The third-order valence-corrected chi connectivity index (χ3v) is 2.39. The van der Waals surface area contributed by atoms with Gasteiger partial charge < -0.3 is 10.5 Å². The highest BCUT2D eigenvalue weighted by molar-refractivity contribution is 5.57. The van der Waals surface area contributed by atoms with Crippen LogP contribution in [0.25, 0.3) is 0 Å². The van der Waals surface area contributed by atoms with E-state index in [1.54, 1.807) is 18.2 Å². The van der Waals surface area contributed by atoms with E-state index in [9.17, 15) is 0 Å². The molecule has 0 amide bonds. The Morgan fingerprint density at radius 2 is 1.82 bits per heavy atom. The molecule has 0 unspecified atom stereocenters. The van der Waals surface area contributed by atoms with E-state index in [0.717, 1.165) is 5.75 Å². The summed E-state index contributed by atoms with van der Waals surface area (Å²) in [4.78, 5) is 0. The van der Waals surface area contributed by atoms with Gasteiger partial charge in [0.25, 0.3) is 0 Å². The van der Waals surface area contributed by atoms with Crippen LogP contribution >= 0.6 is 0 Å². The van der Waals surface area contributed by atoms with Crippen LogP contribution in [0.3, 0.4) is 0 Å². The summed E-state index contributed by atoms with van der Waals surface area (Å²) in [7, 11) is 0. The van der Waals surface area contributed by atoms with Gasteiger partial charge in [-0.15, -0.1) is 0 Å². The first kappa shape index (κ1) is 11.0. The van der Waals surface area contributed by atoms with Gasteiger partial charge in [0.05, 0.1) is 17.3 Å². The van der Waals surface area contributed by atoms with E-state index in [-0.39, 0.29) is 0 Å². The molecule has 0 heterocycles. The van der Waals surface area contributed by atoms with Gasteiger partial charge in [0.15, 0.2) is 0 Å². The molecule has 2 aromatic rings. The smallest absolute Gasteiger partial charge is 0.150 e. The average molecular weight is 224 g/mol. The highest BCUT2D eigenvalue weighted by Gasteiger charge is 2.03. The van der Waals surface area contributed by atoms with Gasteiger partial charge in [-0.2, -0.15) is 5.26 Å². The lowest BCUT2D eigenvalue weighted by molar-refractivity contribution is 0.485. The molecule has 0 saturated heterocycles. The second kappa shape index (κ2) is 4.58. The number of nitrogen functional groups attached to an aromatic ring is 1. The van der Waals surface area contributed by atoms with E-state index in [2.05, 4.69) is 0 Å². The second-order valence-corrected chi connectivity index (χ2v) is 3.78. The summed E-state index contributed by atoms with van der Waals surface area (Å²) in [5.41, 5.74) is 7.96. The van der Waals surface area contributed by atoms with E-state index in [0.29, 0.717) is 17.0 Å². The maximum Gasteiger partial charge on any atom is 0.150 e. The summed E-state index contributed by atoms with van der Waals surface area (Å²) >= 11 is 0. The van der Waals surface area contributed by atoms with E-state index in [1.165, 1.54) is 5.56 Å². The van der Waals surface area contributed by atoms with E-state index in [4.69, 9.17) is 15.7 Å². The highest BCUT2D eigenvalue weighted by Crippen LogP contribution is 2.28. The van der Waals surface area contributed by atoms with E-state index >= 15 is 0 Å². The van der Waals surface area contributed by atoms with Crippen molar-refractivity contribution in [1.29, 1.82) is 5.26 Å². The molecule has 0 aliphatic heterocycles. The van der Waals surface area contributed by atoms with Crippen molar-refractivity contribution in [3.8, 4) is 17.6 Å². The van der Waals surface area contributed by atoms with Crippen molar-refractivity contribution in [1.82, 2.24) is 0 Å². The van der Waals surface area contributed by atoms with E-state index in [1.807, 2.05) is 37.3 Å². The molecule has 2 rings (SSSR count). The Bertz CT molecular complexity index is 568. The fraction of sp³-hybridized carbons (Fsp3) is 0.0714. The molecule has 17 heavy (non-hydrogen) atoms. The Morgan fingerprint density at radius 1 is 1.12 bits per heavy atom. The van der Waals surface area contributed by atoms with Crippen molar-refractivity contribution >= 4 is 5.69 Å². The maximum atomic E-state index is 8.73. The van der Waals surface area contributed by atoms with Crippen LogP contribution < -0.4 is 10.5 Å².